The molecule has 2 aromatic rings. The largest absolute Gasteiger partial charge is 0.478 e. The molecule has 1 aliphatic rings. The van der Waals surface area contributed by atoms with Gasteiger partial charge in [0.15, 0.2) is 0 Å². The molecule has 1 aliphatic carbocycles. The molecular formula is C29H42F3N3O2. The second kappa shape index (κ2) is 14.6. The van der Waals surface area contributed by atoms with Crippen LogP contribution in [0, 0.1) is 11.9 Å². The van der Waals surface area contributed by atoms with Crippen molar-refractivity contribution < 1.29 is 22.6 Å². The summed E-state index contributed by atoms with van der Waals surface area (Å²) in [4.78, 5) is 12.2. The van der Waals surface area contributed by atoms with Crippen LogP contribution >= 0.6 is 0 Å². The third-order valence-electron chi connectivity index (χ3n) is 7.23. The highest BCUT2D eigenvalue weighted by Crippen LogP contribution is 2.49. The third kappa shape index (κ3) is 8.39. The minimum atomic E-state index is -3.45. The summed E-state index contributed by atoms with van der Waals surface area (Å²) in [5.74, 6) is -5.09. The second-order valence-electron chi connectivity index (χ2n) is 10.2. The molecule has 0 amide bonds. The van der Waals surface area contributed by atoms with Gasteiger partial charge in [-0.2, -0.15) is 9.37 Å². The summed E-state index contributed by atoms with van der Waals surface area (Å²) >= 11 is 0. The zero-order chi connectivity index (χ0) is 26.7. The molecule has 2 heterocycles. The summed E-state index contributed by atoms with van der Waals surface area (Å²) in [5.41, 5.74) is 0.525. The van der Waals surface area contributed by atoms with Gasteiger partial charge in [0.05, 0.1) is 18.1 Å². The number of rotatable bonds is 16. The Balaban J connectivity index is 1.56. The first kappa shape index (κ1) is 29.3. The summed E-state index contributed by atoms with van der Waals surface area (Å²) < 4.78 is 56.8. The SMILES string of the molecule is CCCCOCCCCOc1cc2c(c(F)n1)C(F)(F)C(c1ncc(CCCCC(C)CC)cn1)CC2. The fourth-order valence-electron chi connectivity index (χ4n) is 4.64. The van der Waals surface area contributed by atoms with E-state index in [4.69, 9.17) is 9.47 Å². The number of nitrogens with zero attached hydrogens (tertiary/aromatic N) is 3. The highest BCUT2D eigenvalue weighted by molar-refractivity contribution is 5.38. The van der Waals surface area contributed by atoms with E-state index >= 15 is 8.78 Å². The van der Waals surface area contributed by atoms with Crippen LogP contribution in [0.3, 0.4) is 0 Å². The normalized spacial score (nSPS) is 17.4. The molecule has 0 aromatic carbocycles. The lowest BCUT2D eigenvalue weighted by Gasteiger charge is -2.32. The quantitative estimate of drug-likeness (QED) is 0.168. The third-order valence-corrected chi connectivity index (χ3v) is 7.23. The Kier molecular flexibility index (Phi) is 11.6. The van der Waals surface area contributed by atoms with Gasteiger partial charge in [0.2, 0.25) is 11.8 Å². The molecule has 0 saturated heterocycles. The van der Waals surface area contributed by atoms with Crippen LogP contribution in [0.4, 0.5) is 13.2 Å². The van der Waals surface area contributed by atoms with E-state index in [9.17, 15) is 4.39 Å². The molecule has 0 radical (unpaired) electrons. The first-order chi connectivity index (χ1) is 17.9. The van der Waals surface area contributed by atoms with Gasteiger partial charge < -0.3 is 9.47 Å². The zero-order valence-corrected chi connectivity index (χ0v) is 22.6. The van der Waals surface area contributed by atoms with Gasteiger partial charge in [-0.05, 0) is 62.0 Å². The van der Waals surface area contributed by atoms with Crippen molar-refractivity contribution in [2.24, 2.45) is 5.92 Å². The average Bonchev–Trinajstić information content (AvgIpc) is 2.88. The molecular weight excluding hydrogens is 479 g/mol. The van der Waals surface area contributed by atoms with E-state index in [1.807, 2.05) is 0 Å². The molecule has 5 nitrogen and oxygen atoms in total. The van der Waals surface area contributed by atoms with Gasteiger partial charge in [-0.3, -0.25) is 0 Å². The molecule has 0 fully saturated rings. The number of alkyl halides is 2. The Bertz CT molecular complexity index is 956. The molecule has 3 rings (SSSR count). The van der Waals surface area contributed by atoms with Crippen LogP contribution in [0.5, 0.6) is 5.88 Å². The Morgan fingerprint density at radius 1 is 1.03 bits per heavy atom. The molecule has 2 aromatic heterocycles. The van der Waals surface area contributed by atoms with Crippen molar-refractivity contribution in [3.05, 3.63) is 46.9 Å². The number of hydrogen-bond acceptors (Lipinski definition) is 5. The molecule has 0 saturated carbocycles. The lowest BCUT2D eigenvalue weighted by Crippen LogP contribution is -2.33. The molecule has 8 heteroatoms. The molecule has 37 heavy (non-hydrogen) atoms. The van der Waals surface area contributed by atoms with Crippen molar-refractivity contribution in [2.75, 3.05) is 19.8 Å². The van der Waals surface area contributed by atoms with E-state index in [-0.39, 0.29) is 30.1 Å². The van der Waals surface area contributed by atoms with Crippen LogP contribution in [0.25, 0.3) is 0 Å². The summed E-state index contributed by atoms with van der Waals surface area (Å²) in [6, 6.07) is 1.45. The number of pyridine rings is 1. The molecule has 206 valence electrons. The highest BCUT2D eigenvalue weighted by atomic mass is 19.3. The van der Waals surface area contributed by atoms with Gasteiger partial charge in [-0.15, -0.1) is 0 Å². The summed E-state index contributed by atoms with van der Waals surface area (Å²) in [6.07, 6.45) is 12.7. The zero-order valence-electron chi connectivity index (χ0n) is 22.6. The molecule has 0 N–H and O–H groups in total. The van der Waals surface area contributed by atoms with Crippen molar-refractivity contribution in [3.8, 4) is 5.88 Å². The number of halogens is 3. The Morgan fingerprint density at radius 3 is 2.49 bits per heavy atom. The minimum Gasteiger partial charge on any atom is -0.478 e. The topological polar surface area (TPSA) is 57.1 Å². The van der Waals surface area contributed by atoms with Crippen molar-refractivity contribution in [2.45, 2.75) is 103 Å². The van der Waals surface area contributed by atoms with Gasteiger partial charge in [-0.1, -0.05) is 46.5 Å². The molecule has 0 aliphatic heterocycles. The summed E-state index contributed by atoms with van der Waals surface area (Å²) in [6.45, 7) is 8.28. The van der Waals surface area contributed by atoms with Gasteiger partial charge in [0.25, 0.3) is 5.92 Å². The van der Waals surface area contributed by atoms with Crippen LogP contribution in [-0.2, 0) is 23.5 Å². The number of aryl methyl sites for hydroxylation is 2. The smallest absolute Gasteiger partial charge is 0.287 e. The predicted octanol–water partition coefficient (Wildman–Crippen LogP) is 7.57. The fraction of sp³-hybridized carbons (Fsp3) is 0.690. The first-order valence-corrected chi connectivity index (χ1v) is 14.0. The van der Waals surface area contributed by atoms with E-state index in [2.05, 4.69) is 35.7 Å². The van der Waals surface area contributed by atoms with E-state index < -0.39 is 23.4 Å². The fourth-order valence-corrected chi connectivity index (χ4v) is 4.64. The predicted molar refractivity (Wildman–Crippen MR) is 139 cm³/mol. The van der Waals surface area contributed by atoms with Crippen molar-refractivity contribution in [1.29, 1.82) is 0 Å². The maximum atomic E-state index is 15.5. The van der Waals surface area contributed by atoms with Crippen LogP contribution < -0.4 is 4.74 Å². The van der Waals surface area contributed by atoms with Gasteiger partial charge in [-0.25, -0.2) is 18.7 Å². The maximum Gasteiger partial charge on any atom is 0.287 e. The first-order valence-electron chi connectivity index (χ1n) is 14.0. The number of hydrogen-bond donors (Lipinski definition) is 0. The molecule has 0 bridgehead atoms. The molecule has 2 unspecified atom stereocenters. The number of aromatic nitrogens is 3. The van der Waals surface area contributed by atoms with E-state index in [1.165, 1.54) is 18.9 Å². The van der Waals surface area contributed by atoms with Crippen molar-refractivity contribution >= 4 is 0 Å². The Morgan fingerprint density at radius 2 is 1.76 bits per heavy atom. The van der Waals surface area contributed by atoms with Crippen LogP contribution in [-0.4, -0.2) is 34.8 Å². The standard InChI is InChI=1S/C29H42F3N3O2/c1-4-6-15-36-16-9-10-17-37-25-18-23-13-14-24(29(31,32)26(23)27(30)35-25)28-33-19-22(20-34-28)12-8-7-11-21(3)5-2/h18-21,24H,4-17H2,1-3H3. The van der Waals surface area contributed by atoms with E-state index in [0.717, 1.165) is 57.1 Å². The molecule has 0 spiro atoms. The lowest BCUT2D eigenvalue weighted by molar-refractivity contribution is -0.0501. The maximum absolute atomic E-state index is 15.5. The van der Waals surface area contributed by atoms with Crippen LogP contribution in [0.1, 0.15) is 107 Å². The highest BCUT2D eigenvalue weighted by Gasteiger charge is 2.50. The van der Waals surface area contributed by atoms with Crippen molar-refractivity contribution in [1.82, 2.24) is 15.0 Å². The van der Waals surface area contributed by atoms with E-state index in [1.54, 1.807) is 12.4 Å². The van der Waals surface area contributed by atoms with Crippen molar-refractivity contribution in [3.63, 3.8) is 0 Å². The number of fused-ring (bicyclic) bond motifs is 1. The second-order valence-corrected chi connectivity index (χ2v) is 10.2. The number of unbranched alkanes of at least 4 members (excludes halogenated alkanes) is 3. The minimum absolute atomic E-state index is 0.0475. The summed E-state index contributed by atoms with van der Waals surface area (Å²) in [5, 5.41) is 0. The summed E-state index contributed by atoms with van der Waals surface area (Å²) in [7, 11) is 0. The Labute approximate surface area is 219 Å². The monoisotopic (exact) mass is 521 g/mol. The van der Waals surface area contributed by atoms with Crippen LogP contribution in [0.2, 0.25) is 0 Å². The van der Waals surface area contributed by atoms with Gasteiger partial charge >= 0.3 is 0 Å². The van der Waals surface area contributed by atoms with Gasteiger partial charge in [0, 0.05) is 31.7 Å². The van der Waals surface area contributed by atoms with Crippen LogP contribution in [0.15, 0.2) is 18.5 Å². The van der Waals surface area contributed by atoms with Gasteiger partial charge in [0.1, 0.15) is 5.82 Å². The average molecular weight is 522 g/mol. The lowest BCUT2D eigenvalue weighted by atomic mass is 9.80. The van der Waals surface area contributed by atoms with E-state index in [0.29, 0.717) is 19.1 Å². The Hall–Kier alpha value is -2.22. The molecule has 2 atom stereocenters. The number of ether oxygens (including phenoxy) is 2.